The molecule has 0 bridgehead atoms. The van der Waals surface area contributed by atoms with E-state index in [9.17, 15) is 4.79 Å². The molecule has 4 heteroatoms. The lowest BCUT2D eigenvalue weighted by molar-refractivity contribution is 0.251. The van der Waals surface area contributed by atoms with Crippen molar-refractivity contribution in [2.75, 3.05) is 0 Å². The lowest BCUT2D eigenvalue weighted by atomic mass is 10.2. The zero-order chi connectivity index (χ0) is 13.4. The van der Waals surface area contributed by atoms with E-state index in [-0.39, 0.29) is 0 Å². The standard InChI is InChI=1S/C15H13N3O/c1-10-5-6-13-11(8-10)9-14(18(13)15(16)19)12-4-2-3-7-17-12/h2-9H,1H3,(H2,16,19). The molecule has 4 nitrogen and oxygen atoms in total. The Balaban J connectivity index is 2.35. The van der Waals surface area contributed by atoms with Crippen LogP contribution in [0.2, 0.25) is 0 Å². The number of fused-ring (bicyclic) bond motifs is 1. The van der Waals surface area contributed by atoms with Crippen molar-refractivity contribution >= 4 is 16.9 Å². The lowest BCUT2D eigenvalue weighted by Gasteiger charge is -2.05. The van der Waals surface area contributed by atoms with Gasteiger partial charge >= 0.3 is 6.03 Å². The number of carbonyl (C=O) groups is 1. The maximum Gasteiger partial charge on any atom is 0.323 e. The molecule has 0 saturated carbocycles. The zero-order valence-corrected chi connectivity index (χ0v) is 10.5. The molecule has 2 aromatic heterocycles. The number of carbonyl (C=O) groups excluding carboxylic acids is 1. The van der Waals surface area contributed by atoms with E-state index in [0.29, 0.717) is 5.69 Å². The molecule has 0 aliphatic carbocycles. The second-order valence-electron chi connectivity index (χ2n) is 4.48. The average Bonchev–Trinajstić information content (AvgIpc) is 2.78. The third-order valence-corrected chi connectivity index (χ3v) is 3.10. The molecule has 1 amide bonds. The molecule has 0 fully saturated rings. The van der Waals surface area contributed by atoms with E-state index in [1.165, 1.54) is 4.57 Å². The van der Waals surface area contributed by atoms with Crippen LogP contribution in [0.15, 0.2) is 48.7 Å². The van der Waals surface area contributed by atoms with Crippen molar-refractivity contribution in [2.45, 2.75) is 6.92 Å². The number of hydrogen-bond acceptors (Lipinski definition) is 2. The van der Waals surface area contributed by atoms with Gasteiger partial charge in [0.25, 0.3) is 0 Å². The van der Waals surface area contributed by atoms with Gasteiger partial charge in [0.2, 0.25) is 0 Å². The van der Waals surface area contributed by atoms with Gasteiger partial charge in [0.1, 0.15) is 0 Å². The summed E-state index contributed by atoms with van der Waals surface area (Å²) in [6.45, 7) is 2.02. The van der Waals surface area contributed by atoms with Gasteiger partial charge in [-0.15, -0.1) is 0 Å². The van der Waals surface area contributed by atoms with Gasteiger partial charge in [0.05, 0.1) is 16.9 Å². The van der Waals surface area contributed by atoms with Gasteiger partial charge in [-0.1, -0.05) is 17.7 Å². The summed E-state index contributed by atoms with van der Waals surface area (Å²) in [4.78, 5) is 16.0. The Morgan fingerprint density at radius 3 is 2.74 bits per heavy atom. The number of benzene rings is 1. The Kier molecular flexibility index (Phi) is 2.56. The molecular formula is C15H13N3O. The molecular weight excluding hydrogens is 238 g/mol. The van der Waals surface area contributed by atoms with Crippen molar-refractivity contribution in [3.8, 4) is 11.4 Å². The van der Waals surface area contributed by atoms with Crippen molar-refractivity contribution in [3.63, 3.8) is 0 Å². The molecule has 1 aromatic carbocycles. The lowest BCUT2D eigenvalue weighted by Crippen LogP contribution is -2.20. The van der Waals surface area contributed by atoms with Crippen molar-refractivity contribution in [2.24, 2.45) is 5.73 Å². The van der Waals surface area contributed by atoms with Gasteiger partial charge in [0, 0.05) is 11.6 Å². The van der Waals surface area contributed by atoms with Crippen LogP contribution in [0.4, 0.5) is 4.79 Å². The number of aromatic nitrogens is 2. The summed E-state index contributed by atoms with van der Waals surface area (Å²) in [5.74, 6) is 0. The first kappa shape index (κ1) is 11.5. The highest BCUT2D eigenvalue weighted by Crippen LogP contribution is 2.27. The molecule has 0 unspecified atom stereocenters. The number of nitrogens with zero attached hydrogens (tertiary/aromatic N) is 2. The first-order valence-corrected chi connectivity index (χ1v) is 6.00. The molecule has 3 rings (SSSR count). The SMILES string of the molecule is Cc1ccc2c(c1)cc(-c1ccccn1)n2C(N)=O. The third kappa shape index (κ3) is 1.87. The fourth-order valence-electron chi connectivity index (χ4n) is 2.27. The Morgan fingerprint density at radius 1 is 1.21 bits per heavy atom. The fraction of sp³-hybridized carbons (Fsp3) is 0.0667. The third-order valence-electron chi connectivity index (χ3n) is 3.10. The van der Waals surface area contributed by atoms with Crippen LogP contribution in [0, 0.1) is 6.92 Å². The van der Waals surface area contributed by atoms with Crippen LogP contribution in [0.1, 0.15) is 5.56 Å². The van der Waals surface area contributed by atoms with E-state index in [1.54, 1.807) is 6.20 Å². The normalized spacial score (nSPS) is 10.8. The van der Waals surface area contributed by atoms with E-state index >= 15 is 0 Å². The minimum absolute atomic E-state index is 0.500. The zero-order valence-electron chi connectivity index (χ0n) is 10.5. The second-order valence-corrected chi connectivity index (χ2v) is 4.48. The van der Waals surface area contributed by atoms with Crippen LogP contribution in [0.25, 0.3) is 22.3 Å². The summed E-state index contributed by atoms with van der Waals surface area (Å²) < 4.78 is 1.50. The van der Waals surface area contributed by atoms with Gasteiger partial charge < -0.3 is 5.73 Å². The Labute approximate surface area is 110 Å². The number of hydrogen-bond donors (Lipinski definition) is 1. The molecule has 0 aliphatic rings. The van der Waals surface area contributed by atoms with Crippen LogP contribution in [0.5, 0.6) is 0 Å². The molecule has 0 spiro atoms. The van der Waals surface area contributed by atoms with E-state index in [4.69, 9.17) is 5.73 Å². The Bertz CT molecular complexity index is 760. The molecule has 2 heterocycles. The predicted octanol–water partition coefficient (Wildman–Crippen LogP) is 2.94. The van der Waals surface area contributed by atoms with Crippen LogP contribution < -0.4 is 5.73 Å². The maximum atomic E-state index is 11.7. The average molecular weight is 251 g/mol. The molecule has 19 heavy (non-hydrogen) atoms. The number of pyridine rings is 1. The summed E-state index contributed by atoms with van der Waals surface area (Å²) in [6, 6.07) is 12.9. The van der Waals surface area contributed by atoms with Crippen LogP contribution in [-0.2, 0) is 0 Å². The van der Waals surface area contributed by atoms with Crippen molar-refractivity contribution in [1.82, 2.24) is 9.55 Å². The van der Waals surface area contributed by atoms with Crippen molar-refractivity contribution in [1.29, 1.82) is 0 Å². The Hall–Kier alpha value is -2.62. The molecule has 94 valence electrons. The highest BCUT2D eigenvalue weighted by atomic mass is 16.2. The molecule has 2 N–H and O–H groups in total. The molecule has 0 saturated heterocycles. The second kappa shape index (κ2) is 4.24. The molecule has 0 atom stereocenters. The summed E-state index contributed by atoms with van der Waals surface area (Å²) in [5.41, 5.74) is 8.89. The maximum absolute atomic E-state index is 11.7. The van der Waals surface area contributed by atoms with Crippen molar-refractivity contribution in [3.05, 3.63) is 54.2 Å². The van der Waals surface area contributed by atoms with Gasteiger partial charge in [0.15, 0.2) is 0 Å². The highest BCUT2D eigenvalue weighted by molar-refractivity contribution is 5.97. The first-order chi connectivity index (χ1) is 9.16. The Morgan fingerprint density at radius 2 is 2.05 bits per heavy atom. The predicted molar refractivity (Wildman–Crippen MR) is 74.9 cm³/mol. The molecule has 0 radical (unpaired) electrons. The van der Waals surface area contributed by atoms with E-state index in [1.807, 2.05) is 49.4 Å². The summed E-state index contributed by atoms with van der Waals surface area (Å²) in [5, 5.41) is 0.986. The van der Waals surface area contributed by atoms with Crippen LogP contribution >= 0.6 is 0 Å². The quantitative estimate of drug-likeness (QED) is 0.722. The van der Waals surface area contributed by atoms with Gasteiger partial charge in [-0.2, -0.15) is 0 Å². The molecule has 3 aromatic rings. The highest BCUT2D eigenvalue weighted by Gasteiger charge is 2.14. The van der Waals surface area contributed by atoms with Crippen molar-refractivity contribution < 1.29 is 4.79 Å². The summed E-state index contributed by atoms with van der Waals surface area (Å²) in [7, 11) is 0. The first-order valence-electron chi connectivity index (χ1n) is 6.00. The minimum atomic E-state index is -0.500. The van der Waals surface area contributed by atoms with E-state index in [2.05, 4.69) is 4.98 Å². The monoisotopic (exact) mass is 251 g/mol. The summed E-state index contributed by atoms with van der Waals surface area (Å²) >= 11 is 0. The topological polar surface area (TPSA) is 60.9 Å². The van der Waals surface area contributed by atoms with Gasteiger partial charge in [-0.05, 0) is 37.3 Å². The minimum Gasteiger partial charge on any atom is -0.351 e. The number of nitrogens with two attached hydrogens (primary N) is 1. The number of aryl methyl sites for hydroxylation is 1. The summed E-state index contributed by atoms with van der Waals surface area (Å²) in [6.07, 6.45) is 1.70. The van der Waals surface area contributed by atoms with Crippen LogP contribution in [-0.4, -0.2) is 15.6 Å². The van der Waals surface area contributed by atoms with Gasteiger partial charge in [-0.3, -0.25) is 9.55 Å². The molecule has 0 aliphatic heterocycles. The largest absolute Gasteiger partial charge is 0.351 e. The van der Waals surface area contributed by atoms with E-state index in [0.717, 1.165) is 22.2 Å². The fourth-order valence-corrected chi connectivity index (χ4v) is 2.27. The number of primary amides is 1. The van der Waals surface area contributed by atoms with Gasteiger partial charge in [-0.25, -0.2) is 4.79 Å². The number of amides is 1. The smallest absolute Gasteiger partial charge is 0.323 e. The van der Waals surface area contributed by atoms with E-state index < -0.39 is 6.03 Å². The number of rotatable bonds is 1. The van der Waals surface area contributed by atoms with Crippen LogP contribution in [0.3, 0.4) is 0 Å².